The topological polar surface area (TPSA) is 50.8 Å². The average Bonchev–Trinajstić information content (AvgIpc) is 2.53. The van der Waals surface area contributed by atoms with Crippen molar-refractivity contribution in [2.45, 2.75) is 50.6 Å². The van der Waals surface area contributed by atoms with Gasteiger partial charge in [-0.3, -0.25) is 9.69 Å². The molecule has 0 aromatic carbocycles. The minimum atomic E-state index is -0.236. The minimum absolute atomic E-state index is 0.182. The fourth-order valence-corrected chi connectivity index (χ4v) is 3.46. The van der Waals surface area contributed by atoms with Crippen molar-refractivity contribution in [2.24, 2.45) is 0 Å². The summed E-state index contributed by atoms with van der Waals surface area (Å²) in [4.78, 5) is 14.1. The first-order valence-corrected chi connectivity index (χ1v) is 7.82. The largest absolute Gasteiger partial charge is 0.468 e. The Bertz CT molecular complexity index is 310. The molecular formula is C15H28N2O3. The molecule has 0 radical (unpaired) electrons. The van der Waals surface area contributed by atoms with Crippen molar-refractivity contribution >= 4 is 5.97 Å². The van der Waals surface area contributed by atoms with Crippen LogP contribution in [-0.4, -0.2) is 62.4 Å². The van der Waals surface area contributed by atoms with E-state index in [0.29, 0.717) is 0 Å². The number of rotatable bonds is 5. The van der Waals surface area contributed by atoms with Gasteiger partial charge in [-0.25, -0.2) is 0 Å². The molecule has 1 aliphatic carbocycles. The highest BCUT2D eigenvalue weighted by Gasteiger charge is 2.38. The molecule has 0 unspecified atom stereocenters. The number of ether oxygens (including phenoxy) is 2. The van der Waals surface area contributed by atoms with Gasteiger partial charge >= 0.3 is 5.97 Å². The molecule has 1 saturated carbocycles. The van der Waals surface area contributed by atoms with Gasteiger partial charge < -0.3 is 14.8 Å². The van der Waals surface area contributed by atoms with Gasteiger partial charge in [0.05, 0.1) is 20.3 Å². The molecule has 0 aromatic rings. The zero-order valence-corrected chi connectivity index (χ0v) is 12.8. The lowest BCUT2D eigenvalue weighted by Crippen LogP contribution is -2.60. The number of hydrogen-bond acceptors (Lipinski definition) is 5. The molecule has 5 heteroatoms. The van der Waals surface area contributed by atoms with Gasteiger partial charge in [0.1, 0.15) is 6.04 Å². The lowest BCUT2D eigenvalue weighted by atomic mass is 9.79. The van der Waals surface area contributed by atoms with Crippen LogP contribution >= 0.6 is 0 Å². The first-order chi connectivity index (χ1) is 9.68. The van der Waals surface area contributed by atoms with Gasteiger partial charge in [-0.15, -0.1) is 0 Å². The molecule has 2 fully saturated rings. The molecule has 0 spiro atoms. The summed E-state index contributed by atoms with van der Waals surface area (Å²) in [6, 6.07) is -0.236. The van der Waals surface area contributed by atoms with Crippen molar-refractivity contribution in [1.29, 1.82) is 0 Å². The van der Waals surface area contributed by atoms with Crippen molar-refractivity contribution < 1.29 is 14.3 Å². The molecule has 1 aliphatic heterocycles. The van der Waals surface area contributed by atoms with Gasteiger partial charge in [0.2, 0.25) is 0 Å². The van der Waals surface area contributed by atoms with Gasteiger partial charge in [-0.05, 0) is 19.8 Å². The van der Waals surface area contributed by atoms with Crippen LogP contribution in [0.1, 0.15) is 39.0 Å². The standard InChI is InChI=1S/C15H28N2O3/c1-13(14(18)19-2)16-12-15(6-4-3-5-7-15)17-8-10-20-11-9-17/h13,16H,3-12H2,1-2H3/t13-/m1/s1. The summed E-state index contributed by atoms with van der Waals surface area (Å²) in [6.07, 6.45) is 6.33. The number of esters is 1. The summed E-state index contributed by atoms with van der Waals surface area (Å²) in [5.74, 6) is -0.182. The number of hydrogen-bond donors (Lipinski definition) is 1. The molecule has 2 rings (SSSR count). The Balaban J connectivity index is 1.97. The Morgan fingerprint density at radius 3 is 2.55 bits per heavy atom. The quantitative estimate of drug-likeness (QED) is 0.768. The van der Waals surface area contributed by atoms with E-state index < -0.39 is 0 Å². The third kappa shape index (κ3) is 3.71. The Labute approximate surface area is 122 Å². The summed E-state index contributed by atoms with van der Waals surface area (Å²) in [7, 11) is 1.44. The Morgan fingerprint density at radius 2 is 1.95 bits per heavy atom. The van der Waals surface area contributed by atoms with Crippen LogP contribution in [0.3, 0.4) is 0 Å². The van der Waals surface area contributed by atoms with E-state index in [0.717, 1.165) is 32.8 Å². The number of carbonyl (C=O) groups is 1. The molecule has 2 aliphatic rings. The summed E-state index contributed by atoms with van der Waals surface area (Å²) in [5.41, 5.74) is 0.199. The number of nitrogens with zero attached hydrogens (tertiary/aromatic N) is 1. The van der Waals surface area contributed by atoms with Crippen LogP contribution in [0.5, 0.6) is 0 Å². The van der Waals surface area contributed by atoms with Gasteiger partial charge in [0.15, 0.2) is 0 Å². The zero-order chi connectivity index (χ0) is 14.4. The normalized spacial score (nSPS) is 25.1. The molecule has 5 nitrogen and oxygen atoms in total. The maximum Gasteiger partial charge on any atom is 0.322 e. The summed E-state index contributed by atoms with van der Waals surface area (Å²) in [6.45, 7) is 6.41. The van der Waals surface area contributed by atoms with Gasteiger partial charge in [0, 0.05) is 25.2 Å². The predicted molar refractivity (Wildman–Crippen MR) is 77.7 cm³/mol. The summed E-state index contributed by atoms with van der Waals surface area (Å²) < 4.78 is 10.3. The number of nitrogens with one attached hydrogen (secondary N) is 1. The highest BCUT2D eigenvalue weighted by molar-refractivity contribution is 5.75. The Kier molecular flexibility index (Phi) is 5.81. The fourth-order valence-electron chi connectivity index (χ4n) is 3.46. The molecule has 0 bridgehead atoms. The van der Waals surface area contributed by atoms with E-state index >= 15 is 0 Å². The van der Waals surface area contributed by atoms with E-state index in [-0.39, 0.29) is 17.6 Å². The third-order valence-electron chi connectivity index (χ3n) is 4.76. The summed E-state index contributed by atoms with van der Waals surface area (Å²) in [5, 5.41) is 3.38. The monoisotopic (exact) mass is 284 g/mol. The molecule has 1 heterocycles. The van der Waals surface area contributed by atoms with E-state index in [1.165, 1.54) is 39.2 Å². The maximum absolute atomic E-state index is 11.5. The summed E-state index contributed by atoms with van der Waals surface area (Å²) >= 11 is 0. The molecule has 116 valence electrons. The number of methoxy groups -OCH3 is 1. The van der Waals surface area contributed by atoms with Crippen LogP contribution in [0.15, 0.2) is 0 Å². The van der Waals surface area contributed by atoms with Crippen molar-refractivity contribution in [3.63, 3.8) is 0 Å². The first-order valence-electron chi connectivity index (χ1n) is 7.82. The minimum Gasteiger partial charge on any atom is -0.468 e. The lowest BCUT2D eigenvalue weighted by Gasteiger charge is -2.48. The third-order valence-corrected chi connectivity index (χ3v) is 4.76. The maximum atomic E-state index is 11.5. The van der Waals surface area contributed by atoms with Crippen LogP contribution in [0.2, 0.25) is 0 Å². The fraction of sp³-hybridized carbons (Fsp3) is 0.933. The molecule has 1 saturated heterocycles. The van der Waals surface area contributed by atoms with Crippen molar-refractivity contribution in [3.05, 3.63) is 0 Å². The number of carbonyl (C=O) groups excluding carboxylic acids is 1. The Morgan fingerprint density at radius 1 is 1.30 bits per heavy atom. The van der Waals surface area contributed by atoms with Crippen LogP contribution in [0.25, 0.3) is 0 Å². The molecule has 1 atom stereocenters. The van der Waals surface area contributed by atoms with E-state index in [4.69, 9.17) is 9.47 Å². The van der Waals surface area contributed by atoms with E-state index in [2.05, 4.69) is 10.2 Å². The highest BCUT2D eigenvalue weighted by atomic mass is 16.5. The van der Waals surface area contributed by atoms with Gasteiger partial charge in [-0.1, -0.05) is 19.3 Å². The van der Waals surface area contributed by atoms with Crippen molar-refractivity contribution in [3.8, 4) is 0 Å². The van der Waals surface area contributed by atoms with E-state index in [9.17, 15) is 4.79 Å². The molecule has 0 amide bonds. The second-order valence-corrected chi connectivity index (χ2v) is 6.01. The van der Waals surface area contributed by atoms with E-state index in [1.54, 1.807) is 0 Å². The smallest absolute Gasteiger partial charge is 0.322 e. The molecule has 1 N–H and O–H groups in total. The molecule has 20 heavy (non-hydrogen) atoms. The number of morpholine rings is 1. The van der Waals surface area contributed by atoms with Gasteiger partial charge in [-0.2, -0.15) is 0 Å². The van der Waals surface area contributed by atoms with Crippen LogP contribution in [0, 0.1) is 0 Å². The molecule has 0 aromatic heterocycles. The van der Waals surface area contributed by atoms with E-state index in [1.807, 2.05) is 6.92 Å². The second-order valence-electron chi connectivity index (χ2n) is 6.01. The highest BCUT2D eigenvalue weighted by Crippen LogP contribution is 2.33. The molecular weight excluding hydrogens is 256 g/mol. The predicted octanol–water partition coefficient (Wildman–Crippen LogP) is 1.17. The zero-order valence-electron chi connectivity index (χ0n) is 12.8. The lowest BCUT2D eigenvalue weighted by molar-refractivity contribution is -0.142. The van der Waals surface area contributed by atoms with Crippen molar-refractivity contribution in [1.82, 2.24) is 10.2 Å². The first kappa shape index (κ1) is 15.7. The van der Waals surface area contributed by atoms with Gasteiger partial charge in [0.25, 0.3) is 0 Å². The van der Waals surface area contributed by atoms with Crippen molar-refractivity contribution in [2.75, 3.05) is 40.0 Å². The second kappa shape index (κ2) is 7.38. The van der Waals surface area contributed by atoms with Crippen LogP contribution < -0.4 is 5.32 Å². The SMILES string of the molecule is COC(=O)[C@@H](C)NCC1(N2CCOCC2)CCCCC1. The van der Waals surface area contributed by atoms with Crippen LogP contribution in [0.4, 0.5) is 0 Å². The Hall–Kier alpha value is -0.650. The average molecular weight is 284 g/mol. The van der Waals surface area contributed by atoms with Crippen LogP contribution in [-0.2, 0) is 14.3 Å².